The van der Waals surface area contributed by atoms with Gasteiger partial charge >= 0.3 is 17.9 Å². The average molecular weight is 200 g/mol. The van der Waals surface area contributed by atoms with Gasteiger partial charge in [-0.05, 0) is 0 Å². The van der Waals surface area contributed by atoms with Gasteiger partial charge in [-0.3, -0.25) is 4.79 Å². The van der Waals surface area contributed by atoms with Gasteiger partial charge in [-0.25, -0.2) is 9.59 Å². The first-order valence-corrected chi connectivity index (χ1v) is 3.53. The van der Waals surface area contributed by atoms with Gasteiger partial charge in [0.1, 0.15) is 0 Å². The van der Waals surface area contributed by atoms with Crippen LogP contribution < -0.4 is 0 Å². The second-order valence-electron chi connectivity index (χ2n) is 1.84. The standard InChI is InChI=1S/C5H6O3.C4H6O2/c1-3-5(7)8-4(2)6;1-3-4(5)6-2/h3H,1H2,2H3;3H,1H2,2H3. The summed E-state index contributed by atoms with van der Waals surface area (Å²) in [5, 5.41) is 0. The number of ether oxygens (including phenoxy) is 2. The lowest BCUT2D eigenvalue weighted by molar-refractivity contribution is -0.154. The Hall–Kier alpha value is -1.91. The van der Waals surface area contributed by atoms with Gasteiger partial charge in [0.25, 0.3) is 0 Å². The van der Waals surface area contributed by atoms with Crippen molar-refractivity contribution in [2.45, 2.75) is 6.92 Å². The van der Waals surface area contributed by atoms with Gasteiger partial charge in [0.05, 0.1) is 7.11 Å². The molecule has 0 aliphatic heterocycles. The SMILES string of the molecule is C=CC(=O)OC.C=CC(=O)OC(C)=O. The highest BCUT2D eigenvalue weighted by atomic mass is 16.6. The van der Waals surface area contributed by atoms with E-state index in [1.807, 2.05) is 0 Å². The van der Waals surface area contributed by atoms with E-state index in [1.54, 1.807) is 0 Å². The lowest BCUT2D eigenvalue weighted by Gasteiger charge is -1.89. The molecule has 0 heterocycles. The molecule has 0 fully saturated rings. The van der Waals surface area contributed by atoms with E-state index in [9.17, 15) is 14.4 Å². The Morgan fingerprint density at radius 3 is 1.57 bits per heavy atom. The van der Waals surface area contributed by atoms with Crippen molar-refractivity contribution in [2.75, 3.05) is 7.11 Å². The predicted octanol–water partition coefficient (Wildman–Crippen LogP) is 0.607. The largest absolute Gasteiger partial charge is 0.466 e. The summed E-state index contributed by atoms with van der Waals surface area (Å²) in [6.45, 7) is 7.40. The van der Waals surface area contributed by atoms with Crippen molar-refractivity contribution in [3.8, 4) is 0 Å². The molecule has 5 heteroatoms. The minimum atomic E-state index is -0.711. The molecule has 0 amide bonds. The van der Waals surface area contributed by atoms with Crippen LogP contribution in [0, 0.1) is 0 Å². The molecule has 0 aliphatic carbocycles. The Morgan fingerprint density at radius 2 is 1.50 bits per heavy atom. The van der Waals surface area contributed by atoms with Crippen LogP contribution >= 0.6 is 0 Å². The smallest absolute Gasteiger partial charge is 0.337 e. The molecular formula is C9H12O5. The quantitative estimate of drug-likeness (QED) is 0.371. The second-order valence-corrected chi connectivity index (χ2v) is 1.84. The van der Waals surface area contributed by atoms with Crippen molar-refractivity contribution in [2.24, 2.45) is 0 Å². The van der Waals surface area contributed by atoms with Gasteiger partial charge in [-0.2, -0.15) is 0 Å². The average Bonchev–Trinajstić information content (AvgIpc) is 2.16. The molecular weight excluding hydrogens is 188 g/mol. The lowest BCUT2D eigenvalue weighted by Crippen LogP contribution is -2.04. The van der Waals surface area contributed by atoms with E-state index in [-0.39, 0.29) is 0 Å². The van der Waals surface area contributed by atoms with Gasteiger partial charge in [0.2, 0.25) is 0 Å². The van der Waals surface area contributed by atoms with Crippen LogP contribution in [0.3, 0.4) is 0 Å². The van der Waals surface area contributed by atoms with E-state index < -0.39 is 17.9 Å². The van der Waals surface area contributed by atoms with Crippen molar-refractivity contribution in [3.63, 3.8) is 0 Å². The van der Waals surface area contributed by atoms with Crippen LogP contribution in [0.15, 0.2) is 25.3 Å². The summed E-state index contributed by atoms with van der Waals surface area (Å²) in [6, 6.07) is 0. The van der Waals surface area contributed by atoms with Crippen molar-refractivity contribution in [3.05, 3.63) is 25.3 Å². The maximum absolute atomic E-state index is 10.1. The molecule has 5 nitrogen and oxygen atoms in total. The lowest BCUT2D eigenvalue weighted by atomic mass is 10.6. The minimum absolute atomic E-state index is 0.394. The van der Waals surface area contributed by atoms with E-state index in [4.69, 9.17) is 0 Å². The van der Waals surface area contributed by atoms with Crippen LogP contribution in [0.1, 0.15) is 6.92 Å². The highest BCUT2D eigenvalue weighted by molar-refractivity contribution is 5.90. The van der Waals surface area contributed by atoms with Crippen LogP contribution in [0.4, 0.5) is 0 Å². The molecule has 0 aliphatic rings. The van der Waals surface area contributed by atoms with Crippen LogP contribution in [0.25, 0.3) is 0 Å². The van der Waals surface area contributed by atoms with Gasteiger partial charge in [0.15, 0.2) is 0 Å². The Labute approximate surface area is 82.0 Å². The maximum atomic E-state index is 10.1. The zero-order valence-corrected chi connectivity index (χ0v) is 8.11. The van der Waals surface area contributed by atoms with Gasteiger partial charge in [-0.15, -0.1) is 0 Å². The molecule has 0 rings (SSSR count). The molecule has 0 aromatic rings. The third-order valence-electron chi connectivity index (χ3n) is 0.779. The van der Waals surface area contributed by atoms with Gasteiger partial charge in [0, 0.05) is 19.1 Å². The summed E-state index contributed by atoms with van der Waals surface area (Å²) < 4.78 is 8.15. The third kappa shape index (κ3) is 12.7. The van der Waals surface area contributed by atoms with Crippen LogP contribution in [0.2, 0.25) is 0 Å². The summed E-state index contributed by atoms with van der Waals surface area (Å²) in [4.78, 5) is 29.8. The van der Waals surface area contributed by atoms with Gasteiger partial charge in [-0.1, -0.05) is 13.2 Å². The highest BCUT2D eigenvalue weighted by Gasteiger charge is 1.96. The fourth-order valence-corrected chi connectivity index (χ4v) is 0.267. The first-order valence-electron chi connectivity index (χ1n) is 3.53. The molecule has 0 N–H and O–H groups in total. The van der Waals surface area contributed by atoms with E-state index >= 15 is 0 Å². The Bertz CT molecular complexity index is 242. The minimum Gasteiger partial charge on any atom is -0.466 e. The molecule has 0 unspecified atom stereocenters. The molecule has 0 radical (unpaired) electrons. The molecule has 78 valence electrons. The molecule has 0 saturated heterocycles. The maximum Gasteiger partial charge on any atom is 0.337 e. The molecule has 0 saturated carbocycles. The number of methoxy groups -OCH3 is 1. The summed E-state index contributed by atoms with van der Waals surface area (Å²) in [5.74, 6) is -1.72. The summed E-state index contributed by atoms with van der Waals surface area (Å²) in [6.07, 6.45) is 2.04. The van der Waals surface area contributed by atoms with Crippen molar-refractivity contribution in [1.82, 2.24) is 0 Å². The first kappa shape index (κ1) is 14.6. The number of carbonyl (C=O) groups is 3. The fourth-order valence-electron chi connectivity index (χ4n) is 0.267. The van der Waals surface area contributed by atoms with E-state index in [1.165, 1.54) is 7.11 Å². The van der Waals surface area contributed by atoms with Crippen molar-refractivity contribution in [1.29, 1.82) is 0 Å². The fraction of sp³-hybridized carbons (Fsp3) is 0.222. The zero-order chi connectivity index (χ0) is 11.6. The molecule has 0 spiro atoms. The summed E-state index contributed by atoms with van der Waals surface area (Å²) >= 11 is 0. The van der Waals surface area contributed by atoms with Crippen LogP contribution in [-0.2, 0) is 23.9 Å². The third-order valence-corrected chi connectivity index (χ3v) is 0.779. The number of esters is 3. The molecule has 0 aromatic heterocycles. The number of hydrogen-bond acceptors (Lipinski definition) is 5. The normalized spacial score (nSPS) is 7.29. The first-order chi connectivity index (χ1) is 6.47. The molecule has 0 atom stereocenters. The van der Waals surface area contributed by atoms with Crippen molar-refractivity contribution < 1.29 is 23.9 Å². The topological polar surface area (TPSA) is 69.7 Å². The van der Waals surface area contributed by atoms with E-state index in [0.29, 0.717) is 0 Å². The monoisotopic (exact) mass is 200 g/mol. The van der Waals surface area contributed by atoms with Crippen LogP contribution in [-0.4, -0.2) is 25.0 Å². The second kappa shape index (κ2) is 9.18. The Morgan fingerprint density at radius 1 is 1.07 bits per heavy atom. The predicted molar refractivity (Wildman–Crippen MR) is 49.2 cm³/mol. The Kier molecular flexibility index (Phi) is 9.58. The number of carbonyl (C=O) groups excluding carboxylic acids is 3. The van der Waals surface area contributed by atoms with Gasteiger partial charge < -0.3 is 9.47 Å². The number of rotatable bonds is 2. The summed E-state index contributed by atoms with van der Waals surface area (Å²) in [7, 11) is 1.31. The van der Waals surface area contributed by atoms with E-state index in [0.717, 1.165) is 19.1 Å². The molecule has 0 aromatic carbocycles. The number of hydrogen-bond donors (Lipinski definition) is 0. The van der Waals surface area contributed by atoms with Crippen molar-refractivity contribution >= 4 is 17.9 Å². The molecule has 0 bridgehead atoms. The molecule has 14 heavy (non-hydrogen) atoms. The summed E-state index contributed by atoms with van der Waals surface area (Å²) in [5.41, 5.74) is 0. The van der Waals surface area contributed by atoms with Crippen LogP contribution in [0.5, 0.6) is 0 Å². The Balaban J connectivity index is 0. The zero-order valence-electron chi connectivity index (χ0n) is 8.11. The van der Waals surface area contributed by atoms with E-state index in [2.05, 4.69) is 22.6 Å². The highest BCUT2D eigenvalue weighted by Crippen LogP contribution is 1.77.